The molecule has 2 rings (SSSR count). The Bertz CT molecular complexity index is 390. The van der Waals surface area contributed by atoms with Crippen LogP contribution in [0.25, 0.3) is 0 Å². The van der Waals surface area contributed by atoms with E-state index in [2.05, 4.69) is 28.0 Å². The zero-order chi connectivity index (χ0) is 12.1. The van der Waals surface area contributed by atoms with Gasteiger partial charge < -0.3 is 0 Å². The highest BCUT2D eigenvalue weighted by Crippen LogP contribution is 2.22. The van der Waals surface area contributed by atoms with Crippen LogP contribution in [0.3, 0.4) is 0 Å². The Morgan fingerprint density at radius 1 is 1.35 bits per heavy atom. The predicted octanol–water partition coefficient (Wildman–Crippen LogP) is 2.01. The van der Waals surface area contributed by atoms with Gasteiger partial charge in [-0.1, -0.05) is 12.2 Å². The van der Waals surface area contributed by atoms with Crippen LogP contribution in [0.2, 0.25) is 0 Å². The van der Waals surface area contributed by atoms with Crippen molar-refractivity contribution in [3.8, 4) is 0 Å². The highest BCUT2D eigenvalue weighted by Gasteiger charge is 2.23. The summed E-state index contributed by atoms with van der Waals surface area (Å²) in [5.41, 5.74) is 2.51. The molecule has 0 saturated carbocycles. The fraction of sp³-hybridized carbons (Fsp3) is 0.429. The van der Waals surface area contributed by atoms with Crippen molar-refractivity contribution in [2.75, 3.05) is 13.1 Å². The van der Waals surface area contributed by atoms with Crippen LogP contribution in [-0.4, -0.2) is 34.0 Å². The van der Waals surface area contributed by atoms with Crippen LogP contribution in [0, 0.1) is 0 Å². The molecule has 0 radical (unpaired) electrons. The molecule has 0 bridgehead atoms. The molecule has 0 saturated heterocycles. The summed E-state index contributed by atoms with van der Waals surface area (Å²) >= 11 is 0. The molecule has 1 aromatic rings. The highest BCUT2D eigenvalue weighted by molar-refractivity contribution is 5.21. The lowest BCUT2D eigenvalue weighted by Crippen LogP contribution is -2.39. The Morgan fingerprint density at radius 3 is 2.82 bits per heavy atom. The molecule has 0 spiro atoms. The van der Waals surface area contributed by atoms with Crippen LogP contribution in [0.4, 0.5) is 0 Å². The van der Waals surface area contributed by atoms with E-state index in [0.29, 0.717) is 6.04 Å². The zero-order valence-corrected chi connectivity index (χ0v) is 10.2. The summed E-state index contributed by atoms with van der Waals surface area (Å²) in [7, 11) is 0. The van der Waals surface area contributed by atoms with Gasteiger partial charge >= 0.3 is 0 Å². The minimum atomic E-state index is 0.560. The standard InChI is InChI=1S/C14H19N3/c1-3-7-17(8-4-2)13-5-6-14-12(9-13)10-15-11-16-14/h3-4,10-11,13H,1-2,5-9H2. The number of nitrogens with zero attached hydrogens (tertiary/aromatic N) is 3. The summed E-state index contributed by atoms with van der Waals surface area (Å²) in [5.74, 6) is 0. The summed E-state index contributed by atoms with van der Waals surface area (Å²) in [6.07, 6.45) is 10.8. The third-order valence-corrected chi connectivity index (χ3v) is 3.29. The Kier molecular flexibility index (Phi) is 4.04. The van der Waals surface area contributed by atoms with E-state index in [9.17, 15) is 0 Å². The molecule has 3 heteroatoms. The molecule has 0 aliphatic heterocycles. The number of fused-ring (bicyclic) bond motifs is 1. The summed E-state index contributed by atoms with van der Waals surface area (Å²) < 4.78 is 0. The first-order valence-electron chi connectivity index (χ1n) is 6.08. The zero-order valence-electron chi connectivity index (χ0n) is 10.2. The van der Waals surface area contributed by atoms with Crippen LogP contribution in [-0.2, 0) is 12.8 Å². The van der Waals surface area contributed by atoms with Gasteiger partial charge in [0.05, 0.1) is 0 Å². The molecule has 3 nitrogen and oxygen atoms in total. The molecule has 1 aliphatic carbocycles. The largest absolute Gasteiger partial charge is 0.293 e. The van der Waals surface area contributed by atoms with E-state index < -0.39 is 0 Å². The maximum Gasteiger partial charge on any atom is 0.115 e. The van der Waals surface area contributed by atoms with Crippen molar-refractivity contribution < 1.29 is 0 Å². The maximum absolute atomic E-state index is 4.34. The molecular weight excluding hydrogens is 210 g/mol. The number of hydrogen-bond donors (Lipinski definition) is 0. The van der Waals surface area contributed by atoms with E-state index in [0.717, 1.165) is 32.4 Å². The monoisotopic (exact) mass is 229 g/mol. The van der Waals surface area contributed by atoms with Crippen molar-refractivity contribution in [1.29, 1.82) is 0 Å². The molecule has 0 amide bonds. The Hall–Kier alpha value is -1.48. The topological polar surface area (TPSA) is 29.0 Å². The minimum absolute atomic E-state index is 0.560. The second kappa shape index (κ2) is 5.73. The van der Waals surface area contributed by atoms with Gasteiger partial charge in [-0.05, 0) is 24.8 Å². The quantitative estimate of drug-likeness (QED) is 0.723. The lowest BCUT2D eigenvalue weighted by Gasteiger charge is -2.33. The van der Waals surface area contributed by atoms with Crippen LogP contribution in [0.5, 0.6) is 0 Å². The van der Waals surface area contributed by atoms with Gasteiger partial charge in [0.15, 0.2) is 0 Å². The second-order valence-corrected chi connectivity index (χ2v) is 4.42. The van der Waals surface area contributed by atoms with Crippen molar-refractivity contribution in [1.82, 2.24) is 14.9 Å². The Labute approximate surface area is 103 Å². The van der Waals surface area contributed by atoms with Crippen molar-refractivity contribution in [2.24, 2.45) is 0 Å². The van der Waals surface area contributed by atoms with Crippen molar-refractivity contribution in [3.63, 3.8) is 0 Å². The average Bonchev–Trinajstić information content (AvgIpc) is 2.38. The molecule has 90 valence electrons. The van der Waals surface area contributed by atoms with Crippen LogP contribution in [0.15, 0.2) is 37.8 Å². The molecule has 1 atom stereocenters. The fourth-order valence-corrected chi connectivity index (χ4v) is 2.45. The van der Waals surface area contributed by atoms with Gasteiger partial charge in [0, 0.05) is 31.0 Å². The van der Waals surface area contributed by atoms with E-state index in [4.69, 9.17) is 0 Å². The molecule has 0 aromatic carbocycles. The number of aromatic nitrogens is 2. The third kappa shape index (κ3) is 2.80. The molecule has 17 heavy (non-hydrogen) atoms. The molecule has 1 aromatic heterocycles. The van der Waals surface area contributed by atoms with Gasteiger partial charge in [-0.2, -0.15) is 0 Å². The molecule has 1 aliphatic rings. The summed E-state index contributed by atoms with van der Waals surface area (Å²) in [6, 6.07) is 0.560. The van der Waals surface area contributed by atoms with Crippen LogP contribution in [0.1, 0.15) is 17.7 Å². The molecule has 0 fully saturated rings. The number of aryl methyl sites for hydroxylation is 1. The Balaban J connectivity index is 2.09. The van der Waals surface area contributed by atoms with Gasteiger partial charge in [-0.15, -0.1) is 13.2 Å². The van der Waals surface area contributed by atoms with Crippen molar-refractivity contribution >= 4 is 0 Å². The Morgan fingerprint density at radius 2 is 2.12 bits per heavy atom. The van der Waals surface area contributed by atoms with Crippen LogP contribution < -0.4 is 0 Å². The minimum Gasteiger partial charge on any atom is -0.293 e. The van der Waals surface area contributed by atoms with E-state index in [1.807, 2.05) is 18.3 Å². The normalized spacial score (nSPS) is 18.8. The SMILES string of the molecule is C=CCN(CC=C)C1CCc2ncncc2C1. The van der Waals surface area contributed by atoms with Gasteiger partial charge in [0.2, 0.25) is 0 Å². The van der Waals surface area contributed by atoms with Crippen LogP contribution >= 0.6 is 0 Å². The van der Waals surface area contributed by atoms with Gasteiger partial charge in [-0.25, -0.2) is 9.97 Å². The first kappa shape index (κ1) is 12.0. The number of hydrogen-bond acceptors (Lipinski definition) is 3. The predicted molar refractivity (Wildman–Crippen MR) is 69.8 cm³/mol. The number of rotatable bonds is 5. The van der Waals surface area contributed by atoms with E-state index in [1.165, 1.54) is 11.3 Å². The fourth-order valence-electron chi connectivity index (χ4n) is 2.45. The van der Waals surface area contributed by atoms with Gasteiger partial charge in [0.25, 0.3) is 0 Å². The van der Waals surface area contributed by atoms with Gasteiger partial charge in [-0.3, -0.25) is 4.90 Å². The molecular formula is C14H19N3. The van der Waals surface area contributed by atoms with E-state index >= 15 is 0 Å². The van der Waals surface area contributed by atoms with Crippen molar-refractivity contribution in [2.45, 2.75) is 25.3 Å². The molecule has 0 N–H and O–H groups in total. The summed E-state index contributed by atoms with van der Waals surface area (Å²) in [4.78, 5) is 10.9. The lowest BCUT2D eigenvalue weighted by molar-refractivity contribution is 0.218. The lowest BCUT2D eigenvalue weighted by atomic mass is 9.91. The first-order valence-corrected chi connectivity index (χ1v) is 6.08. The highest BCUT2D eigenvalue weighted by atomic mass is 15.1. The first-order chi connectivity index (χ1) is 8.35. The summed E-state index contributed by atoms with van der Waals surface area (Å²) in [6.45, 7) is 9.48. The average molecular weight is 229 g/mol. The third-order valence-electron chi connectivity index (χ3n) is 3.29. The maximum atomic E-state index is 4.34. The van der Waals surface area contributed by atoms with Gasteiger partial charge in [0.1, 0.15) is 6.33 Å². The van der Waals surface area contributed by atoms with Crippen molar-refractivity contribution in [3.05, 3.63) is 49.1 Å². The smallest absolute Gasteiger partial charge is 0.115 e. The molecule has 1 unspecified atom stereocenters. The van der Waals surface area contributed by atoms with E-state index in [-0.39, 0.29) is 0 Å². The second-order valence-electron chi connectivity index (χ2n) is 4.42. The van der Waals surface area contributed by atoms with E-state index in [1.54, 1.807) is 6.33 Å². The molecule has 1 heterocycles. The summed E-state index contributed by atoms with van der Waals surface area (Å²) in [5, 5.41) is 0.